The van der Waals surface area contributed by atoms with Gasteiger partial charge in [-0.3, -0.25) is 0 Å². The van der Waals surface area contributed by atoms with E-state index in [2.05, 4.69) is 36.6 Å². The Kier molecular flexibility index (Phi) is 4.72. The number of nitrogens with two attached hydrogens (primary N) is 1. The Hall–Kier alpha value is -3.19. The van der Waals surface area contributed by atoms with E-state index in [1.807, 2.05) is 34.6 Å². The lowest BCUT2D eigenvalue weighted by Crippen LogP contribution is -2.14. The molecule has 0 aliphatic heterocycles. The lowest BCUT2D eigenvalue weighted by molar-refractivity contribution is 0.558. The van der Waals surface area contributed by atoms with Crippen LogP contribution in [0.15, 0.2) is 22.4 Å². The summed E-state index contributed by atoms with van der Waals surface area (Å²) in [7, 11) is 0. The first-order valence-electron chi connectivity index (χ1n) is 8.19. The highest BCUT2D eigenvalue weighted by Crippen LogP contribution is 2.35. The third-order valence-electron chi connectivity index (χ3n) is 3.67. The second-order valence-electron chi connectivity index (χ2n) is 6.98. The smallest absolute Gasteiger partial charge is 0.234 e. The predicted molar refractivity (Wildman–Crippen MR) is 103 cm³/mol. The van der Waals surface area contributed by atoms with Crippen LogP contribution in [0, 0.1) is 25.2 Å². The van der Waals surface area contributed by atoms with E-state index in [0.717, 1.165) is 10.7 Å². The van der Waals surface area contributed by atoms with Gasteiger partial charge >= 0.3 is 0 Å². The molecule has 0 unspecified atom stereocenters. The van der Waals surface area contributed by atoms with Gasteiger partial charge in [0, 0.05) is 11.1 Å². The molecule has 0 amide bonds. The predicted octanol–water partition coefficient (Wildman–Crippen LogP) is 3.90. The molecule has 0 saturated carbocycles. The number of anilines is 1. The van der Waals surface area contributed by atoms with Gasteiger partial charge in [0.15, 0.2) is 11.6 Å². The Morgan fingerprint density at radius 3 is 2.48 bits per heavy atom. The van der Waals surface area contributed by atoms with E-state index >= 15 is 0 Å². The molecule has 0 atom stereocenters. The van der Waals surface area contributed by atoms with Crippen LogP contribution in [0.3, 0.4) is 0 Å². The van der Waals surface area contributed by atoms with Crippen LogP contribution >= 0.6 is 11.3 Å². The van der Waals surface area contributed by atoms with Crippen LogP contribution in [0.1, 0.15) is 42.7 Å². The van der Waals surface area contributed by atoms with Gasteiger partial charge in [0.25, 0.3) is 0 Å². The van der Waals surface area contributed by atoms with Crippen molar-refractivity contribution in [2.45, 2.75) is 40.0 Å². The van der Waals surface area contributed by atoms with Crippen molar-refractivity contribution in [3.63, 3.8) is 0 Å². The standard InChI is InChI=1S/C17H19N9S/c1-9-6-7-12(14(19)20-9)22-23-15-11(8-18)13(17(3,4)5)25-26(15)16-24-21-10(2)27-16/h6-7H,1-5H3,(H2,19,20)/b23-22+. The summed E-state index contributed by atoms with van der Waals surface area (Å²) in [6, 6.07) is 5.72. The van der Waals surface area contributed by atoms with Crippen molar-refractivity contribution >= 4 is 28.7 Å². The number of aryl methyl sites for hydroxylation is 2. The van der Waals surface area contributed by atoms with Crippen LogP contribution < -0.4 is 5.73 Å². The highest BCUT2D eigenvalue weighted by molar-refractivity contribution is 7.13. The molecule has 27 heavy (non-hydrogen) atoms. The number of azo groups is 1. The van der Waals surface area contributed by atoms with Gasteiger partial charge in [0.2, 0.25) is 5.13 Å². The second-order valence-corrected chi connectivity index (χ2v) is 8.14. The molecular weight excluding hydrogens is 362 g/mol. The van der Waals surface area contributed by atoms with Crippen molar-refractivity contribution in [2.24, 2.45) is 10.2 Å². The molecule has 2 N–H and O–H groups in total. The Bertz CT molecular complexity index is 1060. The first kappa shape index (κ1) is 18.6. The normalized spacial score (nSPS) is 11.9. The van der Waals surface area contributed by atoms with Gasteiger partial charge in [0.1, 0.15) is 22.3 Å². The summed E-state index contributed by atoms with van der Waals surface area (Å²) in [5.41, 5.74) is 7.72. The quantitative estimate of drug-likeness (QED) is 0.684. The summed E-state index contributed by atoms with van der Waals surface area (Å²) in [5.74, 6) is 0.560. The zero-order chi connectivity index (χ0) is 19.8. The Morgan fingerprint density at radius 1 is 1.19 bits per heavy atom. The molecule has 0 aliphatic rings. The summed E-state index contributed by atoms with van der Waals surface area (Å²) in [6.45, 7) is 9.63. The molecule has 0 aliphatic carbocycles. The van der Waals surface area contributed by atoms with Crippen molar-refractivity contribution in [1.82, 2.24) is 25.0 Å². The molecule has 0 fully saturated rings. The number of nitrogen functional groups attached to an aromatic ring is 1. The number of rotatable bonds is 3. The molecule has 10 heteroatoms. The summed E-state index contributed by atoms with van der Waals surface area (Å²) >= 11 is 1.36. The SMILES string of the molecule is Cc1ccc(/N=N/c2c(C#N)c(C(C)(C)C)nn2-c2nnc(C)s2)c(N)n1. The van der Waals surface area contributed by atoms with Crippen LogP contribution in [-0.4, -0.2) is 25.0 Å². The largest absolute Gasteiger partial charge is 0.382 e. The van der Waals surface area contributed by atoms with Gasteiger partial charge in [-0.2, -0.15) is 15.0 Å². The van der Waals surface area contributed by atoms with Gasteiger partial charge in [-0.1, -0.05) is 32.1 Å². The van der Waals surface area contributed by atoms with Crippen molar-refractivity contribution in [3.8, 4) is 11.2 Å². The van der Waals surface area contributed by atoms with E-state index in [9.17, 15) is 5.26 Å². The molecular formula is C17H19N9S. The number of aromatic nitrogens is 5. The summed E-state index contributed by atoms with van der Waals surface area (Å²) in [4.78, 5) is 4.17. The van der Waals surface area contributed by atoms with Crippen molar-refractivity contribution in [3.05, 3.63) is 34.1 Å². The first-order chi connectivity index (χ1) is 12.7. The number of pyridine rings is 1. The van der Waals surface area contributed by atoms with Crippen LogP contribution in [0.25, 0.3) is 5.13 Å². The van der Waals surface area contributed by atoms with Crippen molar-refractivity contribution in [2.75, 3.05) is 5.73 Å². The van der Waals surface area contributed by atoms with E-state index in [4.69, 9.17) is 5.73 Å². The summed E-state index contributed by atoms with van der Waals surface area (Å²) < 4.78 is 1.51. The fraction of sp³-hybridized carbons (Fsp3) is 0.353. The van der Waals surface area contributed by atoms with E-state index in [1.54, 1.807) is 12.1 Å². The molecule has 3 heterocycles. The van der Waals surface area contributed by atoms with E-state index < -0.39 is 0 Å². The molecule has 0 saturated heterocycles. The van der Waals surface area contributed by atoms with E-state index in [0.29, 0.717) is 27.9 Å². The van der Waals surface area contributed by atoms with E-state index in [-0.39, 0.29) is 11.2 Å². The molecule has 3 rings (SSSR count). The Balaban J connectivity index is 2.19. The highest BCUT2D eigenvalue weighted by Gasteiger charge is 2.28. The number of hydrogen-bond donors (Lipinski definition) is 1. The first-order valence-corrected chi connectivity index (χ1v) is 9.01. The Morgan fingerprint density at radius 2 is 1.93 bits per heavy atom. The molecule has 0 bridgehead atoms. The maximum atomic E-state index is 9.74. The summed E-state index contributed by atoms with van der Waals surface area (Å²) in [6.07, 6.45) is 0. The van der Waals surface area contributed by atoms with Gasteiger partial charge in [-0.15, -0.1) is 20.4 Å². The molecule has 3 aromatic rings. The third kappa shape index (κ3) is 3.68. The Labute approximate surface area is 160 Å². The topological polar surface area (TPSA) is 131 Å². The van der Waals surface area contributed by atoms with Crippen molar-refractivity contribution < 1.29 is 0 Å². The van der Waals surface area contributed by atoms with E-state index in [1.165, 1.54) is 16.0 Å². The lowest BCUT2D eigenvalue weighted by atomic mass is 9.90. The molecule has 0 radical (unpaired) electrons. The van der Waals surface area contributed by atoms with Crippen LogP contribution in [0.5, 0.6) is 0 Å². The average molecular weight is 381 g/mol. The maximum absolute atomic E-state index is 9.74. The van der Waals surface area contributed by atoms with Gasteiger partial charge in [-0.25, -0.2) is 4.98 Å². The average Bonchev–Trinajstić information content (AvgIpc) is 3.16. The van der Waals surface area contributed by atoms with Gasteiger partial charge in [-0.05, 0) is 26.0 Å². The number of nitrogens with zero attached hydrogens (tertiary/aromatic N) is 8. The van der Waals surface area contributed by atoms with Crippen LogP contribution in [0.4, 0.5) is 17.3 Å². The molecule has 9 nitrogen and oxygen atoms in total. The van der Waals surface area contributed by atoms with Crippen LogP contribution in [-0.2, 0) is 5.41 Å². The maximum Gasteiger partial charge on any atom is 0.234 e. The molecule has 0 spiro atoms. The minimum atomic E-state index is -0.356. The molecule has 138 valence electrons. The fourth-order valence-electron chi connectivity index (χ4n) is 2.39. The second kappa shape index (κ2) is 6.85. The fourth-order valence-corrected chi connectivity index (χ4v) is 3.03. The zero-order valence-corrected chi connectivity index (χ0v) is 16.5. The number of nitriles is 1. The zero-order valence-electron chi connectivity index (χ0n) is 15.7. The summed E-state index contributed by atoms with van der Waals surface area (Å²) in [5, 5.41) is 32.3. The number of hydrogen-bond acceptors (Lipinski definition) is 9. The monoisotopic (exact) mass is 381 g/mol. The van der Waals surface area contributed by atoms with Crippen LogP contribution in [0.2, 0.25) is 0 Å². The minimum Gasteiger partial charge on any atom is -0.382 e. The van der Waals surface area contributed by atoms with Gasteiger partial charge < -0.3 is 5.73 Å². The van der Waals surface area contributed by atoms with Gasteiger partial charge in [0.05, 0.1) is 5.69 Å². The third-order valence-corrected chi connectivity index (χ3v) is 4.49. The molecule has 3 aromatic heterocycles. The van der Waals surface area contributed by atoms with Crippen molar-refractivity contribution in [1.29, 1.82) is 5.26 Å². The molecule has 0 aromatic carbocycles. The minimum absolute atomic E-state index is 0.270. The lowest BCUT2D eigenvalue weighted by Gasteiger charge is -2.14. The highest BCUT2D eigenvalue weighted by atomic mass is 32.1.